The number of benzene rings is 1. The number of fused-ring (bicyclic) bond motifs is 1. The number of H-pyrrole nitrogens is 1. The van der Waals surface area contributed by atoms with Crippen LogP contribution in [0.5, 0.6) is 0 Å². The van der Waals surface area contributed by atoms with Gasteiger partial charge in [0, 0.05) is 17.8 Å². The highest BCUT2D eigenvalue weighted by Crippen LogP contribution is 2.38. The topological polar surface area (TPSA) is 88.3 Å². The number of sulfonamides is 1. The van der Waals surface area contributed by atoms with Crippen molar-refractivity contribution in [1.82, 2.24) is 4.98 Å². The molecule has 2 aromatic rings. The van der Waals surface area contributed by atoms with E-state index in [1.54, 1.807) is 38.1 Å². The number of halogens is 1. The first-order valence-corrected chi connectivity index (χ1v) is 12.0. The van der Waals surface area contributed by atoms with Gasteiger partial charge in [0.05, 0.1) is 11.1 Å². The molecule has 1 heterocycles. The Morgan fingerprint density at radius 1 is 1.27 bits per heavy atom. The number of hydrogen-bond acceptors (Lipinski definition) is 4. The van der Waals surface area contributed by atoms with Gasteiger partial charge in [-0.25, -0.2) is 13.2 Å². The van der Waals surface area contributed by atoms with E-state index in [1.165, 1.54) is 0 Å². The minimum atomic E-state index is -3.75. The van der Waals surface area contributed by atoms with Crippen molar-refractivity contribution in [3.05, 3.63) is 57.3 Å². The number of carbonyl (C=O) groups excluding carboxylic acids is 1. The third-order valence-electron chi connectivity index (χ3n) is 5.30. The lowest BCUT2D eigenvalue weighted by Gasteiger charge is -2.29. The van der Waals surface area contributed by atoms with Gasteiger partial charge in [0.15, 0.2) is 0 Å². The molecule has 1 unspecified atom stereocenters. The van der Waals surface area contributed by atoms with Crippen LogP contribution >= 0.6 is 15.9 Å². The molecular formula is C22H27BrN2O4S. The fraction of sp³-hybridized carbons (Fsp3) is 0.409. The summed E-state index contributed by atoms with van der Waals surface area (Å²) < 4.78 is 33.6. The van der Waals surface area contributed by atoms with Crippen molar-refractivity contribution in [3.8, 4) is 0 Å². The fourth-order valence-electron chi connectivity index (χ4n) is 3.36. The van der Waals surface area contributed by atoms with E-state index in [0.29, 0.717) is 21.5 Å². The van der Waals surface area contributed by atoms with E-state index in [4.69, 9.17) is 4.74 Å². The second-order valence-corrected chi connectivity index (χ2v) is 11.6. The van der Waals surface area contributed by atoms with Gasteiger partial charge >= 0.3 is 5.97 Å². The van der Waals surface area contributed by atoms with Crippen LogP contribution in [0.2, 0.25) is 0 Å². The Balaban J connectivity index is 1.87. The SMILES string of the molecule is CCOC(=O)c1[nH]c2c(c1Br)CC(C)(S(=O)(=O)Nc1ccc(C(C)(C)C)cc1)C=C2. The van der Waals surface area contributed by atoms with Crippen LogP contribution in [0.3, 0.4) is 0 Å². The van der Waals surface area contributed by atoms with Crippen LogP contribution in [0.25, 0.3) is 6.08 Å². The minimum Gasteiger partial charge on any atom is -0.461 e. The molecular weight excluding hydrogens is 468 g/mol. The molecule has 1 aliphatic carbocycles. The van der Waals surface area contributed by atoms with Crippen LogP contribution in [-0.4, -0.2) is 30.7 Å². The van der Waals surface area contributed by atoms with Gasteiger partial charge in [-0.05, 0) is 64.5 Å². The van der Waals surface area contributed by atoms with Gasteiger partial charge in [-0.3, -0.25) is 4.72 Å². The number of ether oxygens (including phenoxy) is 1. The van der Waals surface area contributed by atoms with Gasteiger partial charge in [-0.1, -0.05) is 39.0 Å². The number of hydrogen-bond donors (Lipinski definition) is 2. The molecule has 0 amide bonds. The molecule has 1 atom stereocenters. The molecule has 0 bridgehead atoms. The Kier molecular flexibility index (Phi) is 5.95. The van der Waals surface area contributed by atoms with Crippen molar-refractivity contribution in [1.29, 1.82) is 0 Å². The third-order valence-corrected chi connectivity index (χ3v) is 8.18. The van der Waals surface area contributed by atoms with Crippen molar-refractivity contribution in [2.45, 2.75) is 51.2 Å². The molecule has 6 nitrogen and oxygen atoms in total. The van der Waals surface area contributed by atoms with Crippen LogP contribution < -0.4 is 4.72 Å². The molecule has 8 heteroatoms. The molecule has 0 radical (unpaired) electrons. The number of anilines is 1. The summed E-state index contributed by atoms with van der Waals surface area (Å²) in [5.74, 6) is -0.478. The summed E-state index contributed by atoms with van der Waals surface area (Å²) in [6, 6.07) is 7.43. The van der Waals surface area contributed by atoms with Crippen molar-refractivity contribution in [3.63, 3.8) is 0 Å². The number of aromatic nitrogens is 1. The second-order valence-electron chi connectivity index (χ2n) is 8.68. The number of aromatic amines is 1. The molecule has 0 fully saturated rings. The molecule has 1 aromatic carbocycles. The van der Waals surface area contributed by atoms with Crippen molar-refractivity contribution in [2.24, 2.45) is 0 Å². The summed E-state index contributed by atoms with van der Waals surface area (Å²) >= 11 is 3.44. The first-order chi connectivity index (χ1) is 13.9. The maximum Gasteiger partial charge on any atom is 0.355 e. The summed E-state index contributed by atoms with van der Waals surface area (Å²) in [5, 5.41) is 0. The molecule has 0 spiro atoms. The highest BCUT2D eigenvalue weighted by Gasteiger charge is 2.41. The van der Waals surface area contributed by atoms with E-state index in [0.717, 1.165) is 11.1 Å². The van der Waals surface area contributed by atoms with Gasteiger partial charge in [-0.15, -0.1) is 0 Å². The summed E-state index contributed by atoms with van der Waals surface area (Å²) in [6.45, 7) is 9.99. The maximum absolute atomic E-state index is 13.2. The maximum atomic E-state index is 13.2. The van der Waals surface area contributed by atoms with E-state index in [9.17, 15) is 13.2 Å². The fourth-order valence-corrected chi connectivity index (χ4v) is 5.23. The summed E-state index contributed by atoms with van der Waals surface area (Å²) in [7, 11) is -3.75. The first-order valence-electron chi connectivity index (χ1n) is 9.77. The average molecular weight is 495 g/mol. The Labute approximate surface area is 186 Å². The zero-order valence-electron chi connectivity index (χ0n) is 17.8. The number of rotatable bonds is 5. The van der Waals surface area contributed by atoms with E-state index < -0.39 is 20.7 Å². The highest BCUT2D eigenvalue weighted by molar-refractivity contribution is 9.10. The number of carbonyl (C=O) groups is 1. The zero-order chi connectivity index (χ0) is 22.3. The van der Waals surface area contributed by atoms with E-state index in [1.807, 2.05) is 12.1 Å². The minimum absolute atomic E-state index is 0.0108. The van der Waals surface area contributed by atoms with Crippen LogP contribution in [0.4, 0.5) is 5.69 Å². The van der Waals surface area contributed by atoms with E-state index in [-0.39, 0.29) is 18.4 Å². The molecule has 3 rings (SSSR count). The van der Waals surface area contributed by atoms with E-state index in [2.05, 4.69) is 46.4 Å². The molecule has 162 valence electrons. The Bertz CT molecular complexity index is 1100. The normalized spacial score (nSPS) is 18.7. The number of esters is 1. The second kappa shape index (κ2) is 7.89. The quantitative estimate of drug-likeness (QED) is 0.570. The zero-order valence-corrected chi connectivity index (χ0v) is 20.2. The average Bonchev–Trinajstić information content (AvgIpc) is 2.97. The van der Waals surface area contributed by atoms with Crippen LogP contribution in [0.15, 0.2) is 34.8 Å². The lowest BCUT2D eigenvalue weighted by molar-refractivity contribution is 0.0519. The summed E-state index contributed by atoms with van der Waals surface area (Å²) in [6.07, 6.45) is 3.57. The van der Waals surface area contributed by atoms with E-state index >= 15 is 0 Å². The van der Waals surface area contributed by atoms with Crippen LogP contribution in [0.1, 0.15) is 61.9 Å². The van der Waals surface area contributed by atoms with Crippen molar-refractivity contribution < 1.29 is 17.9 Å². The highest BCUT2D eigenvalue weighted by atomic mass is 79.9. The standard InChI is InChI=1S/C22H27BrN2O4S/c1-6-29-20(26)19-18(23)16-13-22(5,12-11-17(16)24-19)30(27,28)25-15-9-7-14(8-10-15)21(2,3)4/h7-12,24-25H,6,13H2,1-5H3. The predicted molar refractivity (Wildman–Crippen MR) is 123 cm³/mol. The lowest BCUT2D eigenvalue weighted by Crippen LogP contribution is -2.41. The molecule has 0 saturated carbocycles. The molecule has 0 saturated heterocycles. The molecule has 1 aliphatic rings. The largest absolute Gasteiger partial charge is 0.461 e. The van der Waals surface area contributed by atoms with Gasteiger partial charge in [0.2, 0.25) is 10.0 Å². The molecule has 2 N–H and O–H groups in total. The van der Waals surface area contributed by atoms with Crippen molar-refractivity contribution in [2.75, 3.05) is 11.3 Å². The van der Waals surface area contributed by atoms with Crippen molar-refractivity contribution >= 4 is 43.7 Å². The summed E-state index contributed by atoms with van der Waals surface area (Å²) in [4.78, 5) is 15.2. The Morgan fingerprint density at radius 2 is 1.90 bits per heavy atom. The lowest BCUT2D eigenvalue weighted by atomic mass is 9.87. The summed E-state index contributed by atoms with van der Waals surface area (Å²) in [5.41, 5.74) is 3.36. The first kappa shape index (κ1) is 22.6. The Morgan fingerprint density at radius 3 is 2.47 bits per heavy atom. The van der Waals surface area contributed by atoms with Gasteiger partial charge in [-0.2, -0.15) is 0 Å². The number of nitrogens with one attached hydrogen (secondary N) is 2. The van der Waals surface area contributed by atoms with Gasteiger partial charge in [0.1, 0.15) is 10.4 Å². The Hall–Kier alpha value is -2.06. The monoisotopic (exact) mass is 494 g/mol. The molecule has 0 aliphatic heterocycles. The molecule has 30 heavy (non-hydrogen) atoms. The molecule has 1 aromatic heterocycles. The smallest absolute Gasteiger partial charge is 0.355 e. The third kappa shape index (κ3) is 4.21. The predicted octanol–water partition coefficient (Wildman–Crippen LogP) is 5.02. The van der Waals surface area contributed by atoms with Crippen LogP contribution in [-0.2, 0) is 26.6 Å². The van der Waals surface area contributed by atoms with Gasteiger partial charge in [0.25, 0.3) is 0 Å². The van der Waals surface area contributed by atoms with Gasteiger partial charge < -0.3 is 9.72 Å². The van der Waals surface area contributed by atoms with Crippen LogP contribution in [0, 0.1) is 0 Å².